The molecule has 0 bridgehead atoms. The van der Waals surface area contributed by atoms with Gasteiger partial charge in [0.05, 0.1) is 36.3 Å². The molecule has 3 aromatic carbocycles. The lowest BCUT2D eigenvalue weighted by molar-refractivity contribution is -0.123. The van der Waals surface area contributed by atoms with E-state index in [2.05, 4.69) is 10.6 Å². The van der Waals surface area contributed by atoms with E-state index >= 15 is 0 Å². The lowest BCUT2D eigenvalue weighted by Gasteiger charge is -2.19. The molecule has 0 spiro atoms. The monoisotopic (exact) mass is 578 g/mol. The van der Waals surface area contributed by atoms with Gasteiger partial charge in [-0.05, 0) is 85.6 Å². The van der Waals surface area contributed by atoms with E-state index in [0.29, 0.717) is 47.4 Å². The lowest BCUT2D eigenvalue weighted by Crippen LogP contribution is -2.40. The van der Waals surface area contributed by atoms with Crippen LogP contribution in [0.25, 0.3) is 0 Å². The van der Waals surface area contributed by atoms with Crippen molar-refractivity contribution in [3.05, 3.63) is 94.0 Å². The van der Waals surface area contributed by atoms with Gasteiger partial charge in [-0.1, -0.05) is 47.5 Å². The fourth-order valence-electron chi connectivity index (χ4n) is 4.96. The molecule has 2 atom stereocenters. The van der Waals surface area contributed by atoms with Gasteiger partial charge in [-0.3, -0.25) is 19.2 Å². The van der Waals surface area contributed by atoms with Crippen LogP contribution in [0.4, 0.5) is 11.4 Å². The predicted octanol–water partition coefficient (Wildman–Crippen LogP) is 3.92. The van der Waals surface area contributed by atoms with E-state index < -0.39 is 12.1 Å². The second-order valence-electron chi connectivity index (χ2n) is 9.83. The number of imide groups is 2. The first-order valence-corrected chi connectivity index (χ1v) is 13.8. The molecule has 40 heavy (non-hydrogen) atoms. The molecule has 4 amide bonds. The summed E-state index contributed by atoms with van der Waals surface area (Å²) in [5, 5.41) is 7.67. The van der Waals surface area contributed by atoms with Crippen molar-refractivity contribution in [3.63, 3.8) is 0 Å². The van der Waals surface area contributed by atoms with Gasteiger partial charge >= 0.3 is 0 Å². The molecule has 0 aliphatic carbocycles. The molecule has 2 fully saturated rings. The first kappa shape index (κ1) is 28.0. The zero-order chi connectivity index (χ0) is 28.2. The fourth-order valence-corrected chi connectivity index (χ4v) is 5.21. The van der Waals surface area contributed by atoms with Gasteiger partial charge in [-0.15, -0.1) is 0 Å². The number of rotatable bonds is 10. The Balaban J connectivity index is 1.16. The summed E-state index contributed by atoms with van der Waals surface area (Å²) in [4.78, 5) is 53.7. The highest BCUT2D eigenvalue weighted by molar-refractivity contribution is 6.30. The number of anilines is 2. The Kier molecular flexibility index (Phi) is 8.61. The van der Waals surface area contributed by atoms with Crippen LogP contribution in [0.5, 0.6) is 0 Å². The van der Waals surface area contributed by atoms with Crippen LogP contribution in [0.2, 0.25) is 10.0 Å². The van der Waals surface area contributed by atoms with Crippen molar-refractivity contribution < 1.29 is 19.2 Å². The zero-order valence-electron chi connectivity index (χ0n) is 21.6. The minimum absolute atomic E-state index is 0.0632. The van der Waals surface area contributed by atoms with E-state index in [-0.39, 0.29) is 36.5 Å². The third kappa shape index (κ3) is 6.26. The first-order valence-electron chi connectivity index (χ1n) is 13.1. The van der Waals surface area contributed by atoms with Gasteiger partial charge in [0, 0.05) is 10.0 Å². The maximum absolute atomic E-state index is 13.0. The summed E-state index contributed by atoms with van der Waals surface area (Å²) >= 11 is 11.8. The number of nitrogens with zero attached hydrogens (tertiary/aromatic N) is 2. The molecule has 0 radical (unpaired) electrons. The minimum atomic E-state index is -0.610. The topological polar surface area (TPSA) is 98.8 Å². The van der Waals surface area contributed by atoms with Gasteiger partial charge < -0.3 is 10.6 Å². The van der Waals surface area contributed by atoms with Crippen LogP contribution in [0.3, 0.4) is 0 Å². The molecular formula is C30H28Cl2N4O4. The van der Waals surface area contributed by atoms with Crippen molar-refractivity contribution in [3.8, 4) is 0 Å². The molecular weight excluding hydrogens is 551 g/mol. The number of hydrogen-bond donors (Lipinski definition) is 2. The van der Waals surface area contributed by atoms with Gasteiger partial charge in [0.15, 0.2) is 0 Å². The maximum atomic E-state index is 13.0. The predicted molar refractivity (Wildman–Crippen MR) is 155 cm³/mol. The van der Waals surface area contributed by atoms with Gasteiger partial charge in [0.2, 0.25) is 11.8 Å². The van der Waals surface area contributed by atoms with Gasteiger partial charge in [-0.25, -0.2) is 9.80 Å². The molecule has 3 aromatic rings. The molecule has 2 N–H and O–H groups in total. The zero-order valence-corrected chi connectivity index (χ0v) is 23.1. The molecule has 0 saturated carbocycles. The number of carbonyl (C=O) groups is 4. The van der Waals surface area contributed by atoms with Crippen molar-refractivity contribution in [1.82, 2.24) is 10.6 Å². The van der Waals surface area contributed by atoms with E-state index in [1.54, 1.807) is 24.3 Å². The van der Waals surface area contributed by atoms with Crippen LogP contribution in [-0.4, -0.2) is 48.8 Å². The summed E-state index contributed by atoms with van der Waals surface area (Å²) in [6.45, 7) is 1.07. The van der Waals surface area contributed by atoms with Crippen molar-refractivity contribution >= 4 is 58.2 Å². The third-order valence-electron chi connectivity index (χ3n) is 7.09. The summed E-state index contributed by atoms with van der Waals surface area (Å²) < 4.78 is 0. The van der Waals surface area contributed by atoms with E-state index in [9.17, 15) is 19.2 Å². The number of benzene rings is 3. The second-order valence-corrected chi connectivity index (χ2v) is 10.7. The van der Waals surface area contributed by atoms with Gasteiger partial charge in [-0.2, -0.15) is 0 Å². The summed E-state index contributed by atoms with van der Waals surface area (Å²) in [6.07, 6.45) is 1.51. The van der Waals surface area contributed by atoms with E-state index in [1.807, 2.05) is 48.5 Å². The van der Waals surface area contributed by atoms with E-state index in [4.69, 9.17) is 23.2 Å². The number of nitrogens with one attached hydrogen (secondary N) is 2. The Morgan fingerprint density at radius 2 is 0.925 bits per heavy atom. The fraction of sp³-hybridized carbons (Fsp3) is 0.267. The molecule has 2 saturated heterocycles. The van der Waals surface area contributed by atoms with Crippen LogP contribution in [0.15, 0.2) is 72.8 Å². The van der Waals surface area contributed by atoms with E-state index in [0.717, 1.165) is 20.9 Å². The van der Waals surface area contributed by atoms with Gasteiger partial charge in [0.25, 0.3) is 11.8 Å². The Labute approximate surface area is 242 Å². The molecule has 8 nitrogen and oxygen atoms in total. The highest BCUT2D eigenvalue weighted by atomic mass is 35.5. The molecule has 2 aliphatic rings. The van der Waals surface area contributed by atoms with Crippen LogP contribution >= 0.6 is 23.2 Å². The minimum Gasteiger partial charge on any atom is -0.305 e. The number of amides is 4. The maximum Gasteiger partial charge on any atom is 0.251 e. The van der Waals surface area contributed by atoms with Crippen LogP contribution in [0.1, 0.15) is 24.0 Å². The number of halogens is 2. The Hall–Kier alpha value is -3.56. The SMILES string of the molecule is O=C1C[C@H](NCCc2ccc(Cl)cc2)C(=O)N1c1ccc(N2C(=O)C[C@H](NCCc3ccc(Cl)cc3)C2=O)cc1. The molecule has 5 rings (SSSR count). The Bertz CT molecular complexity index is 1300. The van der Waals surface area contributed by atoms with Crippen molar-refractivity contribution in [2.75, 3.05) is 22.9 Å². The average Bonchev–Trinajstić information content (AvgIpc) is 3.39. The standard InChI is InChI=1S/C30H28Cl2N4O4/c31-21-5-1-19(2-6-21)13-15-33-25-17-27(37)35(29(25)39)23-9-11-24(12-10-23)36-28(38)18-26(30(36)40)34-16-14-20-3-7-22(32)8-4-20/h1-12,25-26,33-34H,13-18H2/t25-,26-/m0/s1. The average molecular weight is 579 g/mol. The number of carbonyl (C=O) groups excluding carboxylic acids is 4. The Morgan fingerprint density at radius 3 is 1.27 bits per heavy atom. The molecule has 0 unspecified atom stereocenters. The summed E-state index contributed by atoms with van der Waals surface area (Å²) in [5.41, 5.74) is 2.95. The van der Waals surface area contributed by atoms with E-state index in [1.165, 1.54) is 0 Å². The highest BCUT2D eigenvalue weighted by Gasteiger charge is 2.41. The normalized spacial score (nSPS) is 19.2. The largest absolute Gasteiger partial charge is 0.305 e. The van der Waals surface area contributed by atoms with Crippen molar-refractivity contribution in [2.45, 2.75) is 37.8 Å². The first-order chi connectivity index (χ1) is 19.3. The second kappa shape index (κ2) is 12.3. The van der Waals surface area contributed by atoms with Crippen molar-refractivity contribution in [1.29, 1.82) is 0 Å². The summed E-state index contributed by atoms with van der Waals surface area (Å²) in [6, 6.07) is 20.1. The molecule has 206 valence electrons. The number of hydrogen-bond acceptors (Lipinski definition) is 6. The highest BCUT2D eigenvalue weighted by Crippen LogP contribution is 2.28. The molecule has 2 aliphatic heterocycles. The smallest absolute Gasteiger partial charge is 0.251 e. The quantitative estimate of drug-likeness (QED) is 0.354. The van der Waals surface area contributed by atoms with Crippen LogP contribution < -0.4 is 20.4 Å². The molecule has 2 heterocycles. The Morgan fingerprint density at radius 1 is 0.575 bits per heavy atom. The summed E-state index contributed by atoms with van der Waals surface area (Å²) in [7, 11) is 0. The summed E-state index contributed by atoms with van der Waals surface area (Å²) in [5.74, 6) is -1.26. The van der Waals surface area contributed by atoms with Crippen LogP contribution in [-0.2, 0) is 32.0 Å². The van der Waals surface area contributed by atoms with Crippen molar-refractivity contribution in [2.24, 2.45) is 0 Å². The van der Waals surface area contributed by atoms with Gasteiger partial charge in [0.1, 0.15) is 0 Å². The third-order valence-corrected chi connectivity index (χ3v) is 7.60. The molecule has 10 heteroatoms. The van der Waals surface area contributed by atoms with Crippen LogP contribution in [0, 0.1) is 0 Å². The lowest BCUT2D eigenvalue weighted by atomic mass is 10.1. The molecule has 0 aromatic heterocycles.